The van der Waals surface area contributed by atoms with Crippen molar-refractivity contribution in [2.75, 3.05) is 11.6 Å². The molecular formula is C19H16FN3O4S. The molecule has 0 unspecified atom stereocenters. The molecule has 2 aromatic carbocycles. The maximum absolute atomic E-state index is 14.0. The molecule has 1 aromatic heterocycles. The van der Waals surface area contributed by atoms with Crippen molar-refractivity contribution in [3.63, 3.8) is 0 Å². The lowest BCUT2D eigenvalue weighted by Gasteiger charge is -2.09. The number of carbonyl (C=O) groups is 1. The average Bonchev–Trinajstić information content (AvgIpc) is 2.65. The van der Waals surface area contributed by atoms with E-state index in [4.69, 9.17) is 0 Å². The van der Waals surface area contributed by atoms with E-state index in [1.807, 2.05) is 30.3 Å². The first-order valence-electron chi connectivity index (χ1n) is 8.17. The molecule has 7 nitrogen and oxygen atoms in total. The van der Waals surface area contributed by atoms with E-state index in [9.17, 15) is 22.4 Å². The van der Waals surface area contributed by atoms with Crippen molar-refractivity contribution in [3.8, 4) is 0 Å². The minimum Gasteiger partial charge on any atom is -0.318 e. The van der Waals surface area contributed by atoms with Crippen LogP contribution in [0.2, 0.25) is 0 Å². The number of nitrogens with zero attached hydrogens (tertiary/aromatic N) is 2. The van der Waals surface area contributed by atoms with Gasteiger partial charge in [-0.1, -0.05) is 30.3 Å². The van der Waals surface area contributed by atoms with Crippen molar-refractivity contribution in [1.29, 1.82) is 0 Å². The van der Waals surface area contributed by atoms with Gasteiger partial charge in [0.05, 0.1) is 17.1 Å². The molecule has 0 aliphatic carbocycles. The molecule has 0 radical (unpaired) electrons. The predicted octanol–water partition coefficient (Wildman–Crippen LogP) is 2.09. The van der Waals surface area contributed by atoms with Crippen LogP contribution in [0.25, 0.3) is 0 Å². The van der Waals surface area contributed by atoms with Gasteiger partial charge in [0.15, 0.2) is 9.84 Å². The Labute approximate surface area is 160 Å². The van der Waals surface area contributed by atoms with Gasteiger partial charge in [-0.25, -0.2) is 17.5 Å². The molecule has 0 saturated heterocycles. The second-order valence-electron chi connectivity index (χ2n) is 6.07. The van der Waals surface area contributed by atoms with Crippen LogP contribution in [0.5, 0.6) is 0 Å². The summed E-state index contributed by atoms with van der Waals surface area (Å²) in [6.07, 6.45) is 0.979. The zero-order chi connectivity index (χ0) is 20.3. The fraction of sp³-hybridized carbons (Fsp3) is 0.105. The van der Waals surface area contributed by atoms with Crippen molar-refractivity contribution in [2.45, 2.75) is 11.4 Å². The Morgan fingerprint density at radius 2 is 1.82 bits per heavy atom. The van der Waals surface area contributed by atoms with E-state index in [0.29, 0.717) is 0 Å². The fourth-order valence-corrected chi connectivity index (χ4v) is 3.10. The maximum atomic E-state index is 14.0. The summed E-state index contributed by atoms with van der Waals surface area (Å²) in [6.45, 7) is 0.165. The lowest BCUT2D eigenvalue weighted by Crippen LogP contribution is -2.26. The number of nitrogens with one attached hydrogen (secondary N) is 1. The number of aromatic nitrogens is 2. The second kappa shape index (κ2) is 7.73. The number of hydrogen-bond donors (Lipinski definition) is 1. The monoisotopic (exact) mass is 401 g/mol. The van der Waals surface area contributed by atoms with Crippen molar-refractivity contribution in [1.82, 2.24) is 9.78 Å². The molecule has 0 fully saturated rings. The third kappa shape index (κ3) is 4.49. The molecule has 3 rings (SSSR count). The van der Waals surface area contributed by atoms with E-state index in [1.165, 1.54) is 12.1 Å². The Morgan fingerprint density at radius 3 is 2.50 bits per heavy atom. The molecule has 28 heavy (non-hydrogen) atoms. The Hall–Kier alpha value is -3.33. The first-order chi connectivity index (χ1) is 13.2. The number of sulfone groups is 1. The fourth-order valence-electron chi connectivity index (χ4n) is 2.46. The zero-order valence-electron chi connectivity index (χ0n) is 14.8. The van der Waals surface area contributed by atoms with Crippen molar-refractivity contribution >= 4 is 21.4 Å². The third-order valence-corrected chi connectivity index (χ3v) is 5.00. The molecule has 0 atom stereocenters. The average molecular weight is 401 g/mol. The molecule has 0 spiro atoms. The van der Waals surface area contributed by atoms with Crippen LogP contribution < -0.4 is 10.9 Å². The van der Waals surface area contributed by atoms with E-state index in [-0.39, 0.29) is 22.8 Å². The lowest BCUT2D eigenvalue weighted by atomic mass is 10.2. The topological polar surface area (TPSA) is 98.1 Å². The molecule has 0 bridgehead atoms. The van der Waals surface area contributed by atoms with Gasteiger partial charge >= 0.3 is 0 Å². The summed E-state index contributed by atoms with van der Waals surface area (Å²) in [5.41, 5.74) is 0.0161. The van der Waals surface area contributed by atoms with Crippen molar-refractivity contribution < 1.29 is 17.6 Å². The number of carbonyl (C=O) groups excluding carboxylic acids is 1. The standard InChI is InChI=1S/C19H16FN3O4S/c1-28(26,27)14-7-8-15(20)17(11-14)21-19(25)16-9-10-18(24)23(22-16)12-13-5-3-2-4-6-13/h2-11H,12H2,1H3,(H,21,25). The van der Waals surface area contributed by atoms with Gasteiger partial charge in [-0.3, -0.25) is 9.59 Å². The number of amides is 1. The number of halogens is 1. The summed E-state index contributed by atoms with van der Waals surface area (Å²) in [6, 6.07) is 14.6. The van der Waals surface area contributed by atoms with E-state index in [1.54, 1.807) is 0 Å². The van der Waals surface area contributed by atoms with Gasteiger partial charge in [0.2, 0.25) is 0 Å². The van der Waals surface area contributed by atoms with Crippen LogP contribution in [0, 0.1) is 5.82 Å². The largest absolute Gasteiger partial charge is 0.318 e. The van der Waals surface area contributed by atoms with Gasteiger partial charge in [0, 0.05) is 12.3 Å². The molecular weight excluding hydrogens is 385 g/mol. The van der Waals surface area contributed by atoms with Crippen LogP contribution in [0.1, 0.15) is 16.1 Å². The number of rotatable bonds is 5. The SMILES string of the molecule is CS(=O)(=O)c1ccc(F)c(NC(=O)c2ccc(=O)n(Cc3ccccc3)n2)c1. The van der Waals surface area contributed by atoms with Crippen molar-refractivity contribution in [3.05, 3.63) is 88.1 Å². The van der Waals surface area contributed by atoms with Gasteiger partial charge < -0.3 is 5.32 Å². The summed E-state index contributed by atoms with van der Waals surface area (Å²) < 4.78 is 38.3. The van der Waals surface area contributed by atoms with E-state index < -0.39 is 27.1 Å². The smallest absolute Gasteiger partial charge is 0.276 e. The van der Waals surface area contributed by atoms with Crippen LogP contribution >= 0.6 is 0 Å². The normalized spacial score (nSPS) is 11.2. The quantitative estimate of drug-likeness (QED) is 0.660. The van der Waals surface area contributed by atoms with Gasteiger partial charge in [-0.15, -0.1) is 0 Å². The van der Waals surface area contributed by atoms with Gasteiger partial charge in [0.1, 0.15) is 11.5 Å². The third-order valence-electron chi connectivity index (χ3n) is 3.89. The highest BCUT2D eigenvalue weighted by molar-refractivity contribution is 7.90. The summed E-state index contributed by atoms with van der Waals surface area (Å²) in [5, 5.41) is 6.31. The molecule has 3 aromatic rings. The highest BCUT2D eigenvalue weighted by Gasteiger charge is 2.15. The number of hydrogen-bond acceptors (Lipinski definition) is 5. The Morgan fingerprint density at radius 1 is 1.11 bits per heavy atom. The first kappa shape index (κ1) is 19.4. The molecule has 144 valence electrons. The molecule has 1 amide bonds. The predicted molar refractivity (Wildman–Crippen MR) is 102 cm³/mol. The molecule has 1 N–H and O–H groups in total. The van der Waals surface area contributed by atoms with Gasteiger partial charge in [-0.05, 0) is 29.8 Å². The molecule has 0 saturated carbocycles. The van der Waals surface area contributed by atoms with E-state index in [2.05, 4.69) is 10.4 Å². The molecule has 9 heteroatoms. The van der Waals surface area contributed by atoms with Crippen LogP contribution in [-0.2, 0) is 16.4 Å². The van der Waals surface area contributed by atoms with E-state index >= 15 is 0 Å². The highest BCUT2D eigenvalue weighted by atomic mass is 32.2. The minimum atomic E-state index is -3.57. The lowest BCUT2D eigenvalue weighted by molar-refractivity contribution is 0.101. The maximum Gasteiger partial charge on any atom is 0.276 e. The van der Waals surface area contributed by atoms with Crippen LogP contribution in [0.3, 0.4) is 0 Å². The van der Waals surface area contributed by atoms with Gasteiger partial charge in [-0.2, -0.15) is 5.10 Å². The Bertz CT molecular complexity index is 1190. The summed E-state index contributed by atoms with van der Waals surface area (Å²) in [4.78, 5) is 24.3. The Balaban J connectivity index is 1.88. The molecule has 0 aliphatic rings. The van der Waals surface area contributed by atoms with Crippen molar-refractivity contribution in [2.24, 2.45) is 0 Å². The second-order valence-corrected chi connectivity index (χ2v) is 8.08. The summed E-state index contributed by atoms with van der Waals surface area (Å²) in [5.74, 6) is -1.57. The minimum absolute atomic E-state index is 0.111. The molecule has 0 aliphatic heterocycles. The first-order valence-corrected chi connectivity index (χ1v) is 10.1. The van der Waals surface area contributed by atoms with Crippen LogP contribution in [-0.4, -0.2) is 30.4 Å². The summed E-state index contributed by atoms with van der Waals surface area (Å²) >= 11 is 0. The summed E-state index contributed by atoms with van der Waals surface area (Å²) in [7, 11) is -3.57. The highest BCUT2D eigenvalue weighted by Crippen LogP contribution is 2.20. The number of anilines is 1. The van der Waals surface area contributed by atoms with E-state index in [0.717, 1.165) is 34.7 Å². The van der Waals surface area contributed by atoms with Gasteiger partial charge in [0.25, 0.3) is 11.5 Å². The Kier molecular flexibility index (Phi) is 5.36. The zero-order valence-corrected chi connectivity index (χ0v) is 15.6. The van der Waals surface area contributed by atoms with Crippen LogP contribution in [0.15, 0.2) is 70.4 Å². The number of benzene rings is 2. The van der Waals surface area contributed by atoms with Crippen LogP contribution in [0.4, 0.5) is 10.1 Å². The molecule has 1 heterocycles.